The largest absolute Gasteiger partial charge is 0.493 e. The van der Waals surface area contributed by atoms with Gasteiger partial charge in [0.1, 0.15) is 5.00 Å². The molecule has 10 heteroatoms. The van der Waals surface area contributed by atoms with Crippen LogP contribution < -0.4 is 20.5 Å². The van der Waals surface area contributed by atoms with Crippen molar-refractivity contribution < 1.29 is 28.6 Å². The Labute approximate surface area is 177 Å². The molecule has 2 heterocycles. The highest BCUT2D eigenvalue weighted by molar-refractivity contribution is 7.17. The molecule has 3 rings (SSSR count). The van der Waals surface area contributed by atoms with Gasteiger partial charge in [0.25, 0.3) is 11.8 Å². The zero-order chi connectivity index (χ0) is 21.8. The molecule has 1 aliphatic rings. The third-order valence-corrected chi connectivity index (χ3v) is 5.83. The molecule has 3 N–H and O–H groups in total. The number of fused-ring (bicyclic) bond motifs is 1. The second-order valence-electron chi connectivity index (χ2n) is 6.47. The number of nitrogens with two attached hydrogens (primary N) is 1. The van der Waals surface area contributed by atoms with Gasteiger partial charge in [0.2, 0.25) is 0 Å². The van der Waals surface area contributed by atoms with Crippen molar-refractivity contribution in [3.63, 3.8) is 0 Å². The van der Waals surface area contributed by atoms with E-state index in [1.165, 1.54) is 25.6 Å². The lowest BCUT2D eigenvalue weighted by atomic mass is 10.0. The van der Waals surface area contributed by atoms with Crippen LogP contribution in [-0.2, 0) is 17.7 Å². The number of nitrogens with zero attached hydrogens (tertiary/aromatic N) is 1. The summed E-state index contributed by atoms with van der Waals surface area (Å²) in [5, 5.41) is 3.13. The van der Waals surface area contributed by atoms with Gasteiger partial charge in [-0.15, -0.1) is 11.3 Å². The number of benzene rings is 1. The minimum absolute atomic E-state index is 0.284. The number of rotatable bonds is 6. The first kappa shape index (κ1) is 21.4. The minimum Gasteiger partial charge on any atom is -0.493 e. The molecule has 0 fully saturated rings. The first-order valence-corrected chi connectivity index (χ1v) is 10.1. The molecule has 9 nitrogen and oxygen atoms in total. The number of methoxy groups -OCH3 is 2. The molecule has 160 valence electrons. The third-order valence-electron chi connectivity index (χ3n) is 4.70. The van der Waals surface area contributed by atoms with Crippen LogP contribution in [0.1, 0.15) is 38.1 Å². The Morgan fingerprint density at radius 1 is 1.20 bits per heavy atom. The van der Waals surface area contributed by atoms with E-state index in [-0.39, 0.29) is 12.2 Å². The van der Waals surface area contributed by atoms with Gasteiger partial charge in [-0.05, 0) is 37.1 Å². The van der Waals surface area contributed by atoms with Gasteiger partial charge in [-0.3, -0.25) is 9.59 Å². The summed E-state index contributed by atoms with van der Waals surface area (Å²) in [6, 6.07) is 4.77. The van der Waals surface area contributed by atoms with Gasteiger partial charge in [0.05, 0.1) is 32.9 Å². The van der Waals surface area contributed by atoms with E-state index in [1.807, 2.05) is 0 Å². The maximum absolute atomic E-state index is 12.8. The number of carbonyl (C=O) groups is 3. The topological polar surface area (TPSA) is 120 Å². The lowest BCUT2D eigenvalue weighted by molar-refractivity contribution is 0.0997. The van der Waals surface area contributed by atoms with Gasteiger partial charge >= 0.3 is 6.09 Å². The number of hydrogen-bond acceptors (Lipinski definition) is 7. The van der Waals surface area contributed by atoms with Crippen molar-refractivity contribution in [1.29, 1.82) is 0 Å². The highest BCUT2D eigenvalue weighted by Crippen LogP contribution is 2.37. The predicted octanol–water partition coefficient (Wildman–Crippen LogP) is 2.63. The van der Waals surface area contributed by atoms with Crippen LogP contribution in [0.5, 0.6) is 11.5 Å². The predicted molar refractivity (Wildman–Crippen MR) is 111 cm³/mol. The van der Waals surface area contributed by atoms with E-state index in [9.17, 15) is 14.4 Å². The van der Waals surface area contributed by atoms with Crippen LogP contribution in [-0.4, -0.2) is 50.2 Å². The maximum atomic E-state index is 12.8. The molecule has 0 saturated heterocycles. The number of amides is 3. The van der Waals surface area contributed by atoms with Gasteiger partial charge < -0.3 is 30.2 Å². The second-order valence-corrected chi connectivity index (χ2v) is 7.57. The molecule has 0 bridgehead atoms. The van der Waals surface area contributed by atoms with E-state index >= 15 is 0 Å². The van der Waals surface area contributed by atoms with Crippen molar-refractivity contribution in [2.75, 3.05) is 32.7 Å². The average molecular weight is 433 g/mol. The van der Waals surface area contributed by atoms with Crippen LogP contribution >= 0.6 is 11.3 Å². The molecule has 3 amide bonds. The van der Waals surface area contributed by atoms with E-state index in [0.717, 1.165) is 10.4 Å². The second kappa shape index (κ2) is 9.04. The highest BCUT2D eigenvalue weighted by Gasteiger charge is 2.30. The van der Waals surface area contributed by atoms with Gasteiger partial charge in [-0.1, -0.05) is 0 Å². The van der Waals surface area contributed by atoms with Gasteiger partial charge in [0, 0.05) is 17.0 Å². The summed E-state index contributed by atoms with van der Waals surface area (Å²) in [7, 11) is 2.99. The lowest BCUT2D eigenvalue weighted by Gasteiger charge is -2.26. The zero-order valence-electron chi connectivity index (χ0n) is 16.9. The first-order valence-electron chi connectivity index (χ1n) is 9.29. The molecule has 30 heavy (non-hydrogen) atoms. The fourth-order valence-corrected chi connectivity index (χ4v) is 4.54. The van der Waals surface area contributed by atoms with Crippen molar-refractivity contribution in [2.45, 2.75) is 19.9 Å². The molecule has 0 atom stereocenters. The van der Waals surface area contributed by atoms with Gasteiger partial charge in [-0.25, -0.2) is 4.79 Å². The van der Waals surface area contributed by atoms with Gasteiger partial charge in [0.15, 0.2) is 11.5 Å². The fourth-order valence-electron chi connectivity index (χ4n) is 3.28. The Morgan fingerprint density at radius 3 is 2.57 bits per heavy atom. The zero-order valence-corrected chi connectivity index (χ0v) is 17.8. The Balaban J connectivity index is 1.87. The molecule has 0 saturated carbocycles. The molecular formula is C20H23N3O6S. The summed E-state index contributed by atoms with van der Waals surface area (Å²) >= 11 is 1.23. The summed E-state index contributed by atoms with van der Waals surface area (Å²) in [6.07, 6.45) is 0.0443. The number of hydrogen-bond donors (Lipinski definition) is 2. The fraction of sp³-hybridized carbons (Fsp3) is 0.350. The number of nitrogens with one attached hydrogen (secondary N) is 1. The van der Waals surface area contributed by atoms with E-state index < -0.39 is 17.9 Å². The van der Waals surface area contributed by atoms with Crippen LogP contribution in [0, 0.1) is 0 Å². The van der Waals surface area contributed by atoms with Crippen LogP contribution in [0.25, 0.3) is 0 Å². The van der Waals surface area contributed by atoms with Crippen molar-refractivity contribution in [2.24, 2.45) is 5.73 Å². The number of anilines is 1. The summed E-state index contributed by atoms with van der Waals surface area (Å²) in [4.78, 5) is 39.3. The first-order chi connectivity index (χ1) is 14.4. The molecule has 0 unspecified atom stereocenters. The molecule has 1 aromatic heterocycles. The molecule has 0 aliphatic carbocycles. The number of primary amides is 1. The average Bonchev–Trinajstić information content (AvgIpc) is 3.10. The number of ether oxygens (including phenoxy) is 3. The van der Waals surface area contributed by atoms with Crippen molar-refractivity contribution >= 4 is 34.2 Å². The van der Waals surface area contributed by atoms with E-state index in [2.05, 4.69) is 5.32 Å². The molecule has 1 aromatic carbocycles. The summed E-state index contributed by atoms with van der Waals surface area (Å²) in [6.45, 7) is 2.73. The van der Waals surface area contributed by atoms with Crippen molar-refractivity contribution in [3.05, 3.63) is 39.8 Å². The third kappa shape index (κ3) is 4.18. The Kier molecular flexibility index (Phi) is 6.46. The normalized spacial score (nSPS) is 12.7. The van der Waals surface area contributed by atoms with E-state index in [4.69, 9.17) is 19.9 Å². The maximum Gasteiger partial charge on any atom is 0.410 e. The van der Waals surface area contributed by atoms with Crippen LogP contribution in [0.15, 0.2) is 18.2 Å². The SMILES string of the molecule is CCOC(=O)N1CCc2c(sc(NC(=O)c3ccc(OC)c(OC)c3)c2C(N)=O)C1. The minimum atomic E-state index is -0.625. The van der Waals surface area contributed by atoms with Crippen LogP contribution in [0.2, 0.25) is 0 Å². The monoisotopic (exact) mass is 433 g/mol. The molecule has 0 radical (unpaired) electrons. The Morgan fingerprint density at radius 2 is 1.93 bits per heavy atom. The summed E-state index contributed by atoms with van der Waals surface area (Å²) < 4.78 is 15.5. The number of thiophene rings is 1. The van der Waals surface area contributed by atoms with E-state index in [0.29, 0.717) is 41.6 Å². The summed E-state index contributed by atoms with van der Waals surface area (Å²) in [5.74, 6) is -0.132. The highest BCUT2D eigenvalue weighted by atomic mass is 32.1. The molecule has 0 spiro atoms. The summed E-state index contributed by atoms with van der Waals surface area (Å²) in [5.41, 5.74) is 6.98. The number of carbonyl (C=O) groups excluding carboxylic acids is 3. The quantitative estimate of drug-likeness (QED) is 0.723. The lowest BCUT2D eigenvalue weighted by Crippen LogP contribution is -2.36. The van der Waals surface area contributed by atoms with Crippen molar-refractivity contribution in [1.82, 2.24) is 4.90 Å². The van der Waals surface area contributed by atoms with Crippen molar-refractivity contribution in [3.8, 4) is 11.5 Å². The Bertz CT molecular complexity index is 987. The molecule has 1 aliphatic heterocycles. The molecular weight excluding hydrogens is 410 g/mol. The van der Waals surface area contributed by atoms with Crippen LogP contribution in [0.4, 0.5) is 9.80 Å². The smallest absolute Gasteiger partial charge is 0.410 e. The standard InChI is InChI=1S/C20H23N3O6S/c1-4-29-20(26)23-8-7-12-15(10-23)30-19(16(12)17(21)24)22-18(25)11-5-6-13(27-2)14(9-11)28-3/h5-6,9H,4,7-8,10H2,1-3H3,(H2,21,24)(H,22,25). The van der Waals surface area contributed by atoms with Crippen LogP contribution in [0.3, 0.4) is 0 Å². The molecule has 2 aromatic rings. The Hall–Kier alpha value is -3.27. The van der Waals surface area contributed by atoms with Gasteiger partial charge in [-0.2, -0.15) is 0 Å². The van der Waals surface area contributed by atoms with E-state index in [1.54, 1.807) is 30.0 Å².